The maximum Gasteiger partial charge on any atom is 0.193 e. The first-order valence-electron chi connectivity index (χ1n) is 5.82. The van der Waals surface area contributed by atoms with Crippen LogP contribution in [-0.2, 0) is 0 Å². The minimum atomic E-state index is -0.219. The normalized spacial score (nSPS) is 9.89. The fourth-order valence-corrected chi connectivity index (χ4v) is 1.91. The average Bonchev–Trinajstić information content (AvgIpc) is 2.47. The van der Waals surface area contributed by atoms with Crippen LogP contribution in [0.4, 0.5) is 0 Å². The van der Waals surface area contributed by atoms with E-state index in [0.29, 0.717) is 34.7 Å². The molecular formula is C15H11BO3. The second kappa shape index (κ2) is 5.44. The molecule has 19 heavy (non-hydrogen) atoms. The lowest BCUT2D eigenvalue weighted by Crippen LogP contribution is -2.16. The topological polar surface area (TPSA) is 51.2 Å². The first-order chi connectivity index (χ1) is 9.17. The van der Waals surface area contributed by atoms with Crippen LogP contribution in [0.5, 0.6) is 0 Å². The highest BCUT2D eigenvalue weighted by atomic mass is 16.1. The van der Waals surface area contributed by atoms with Gasteiger partial charge in [-0.2, -0.15) is 0 Å². The van der Waals surface area contributed by atoms with Crippen LogP contribution >= 0.6 is 0 Å². The average molecular weight is 250 g/mol. The zero-order chi connectivity index (χ0) is 13.8. The van der Waals surface area contributed by atoms with E-state index >= 15 is 0 Å². The highest BCUT2D eigenvalue weighted by molar-refractivity contribution is 6.36. The molecule has 0 heterocycles. The number of ketones is 1. The fourth-order valence-electron chi connectivity index (χ4n) is 1.91. The molecule has 0 saturated heterocycles. The van der Waals surface area contributed by atoms with Gasteiger partial charge in [-0.3, -0.25) is 14.4 Å². The Balaban J connectivity index is 2.56. The van der Waals surface area contributed by atoms with Crippen molar-refractivity contribution in [1.29, 1.82) is 0 Å². The van der Waals surface area contributed by atoms with Gasteiger partial charge < -0.3 is 0 Å². The summed E-state index contributed by atoms with van der Waals surface area (Å²) in [6.45, 7) is 0. The Morgan fingerprint density at radius 3 is 2.16 bits per heavy atom. The van der Waals surface area contributed by atoms with E-state index in [9.17, 15) is 14.4 Å². The predicted octanol–water partition coefficient (Wildman–Crippen LogP) is 0.801. The van der Waals surface area contributed by atoms with E-state index in [0.717, 1.165) is 0 Å². The summed E-state index contributed by atoms with van der Waals surface area (Å²) >= 11 is 0. The molecule has 0 amide bonds. The number of aldehydes is 2. The Bertz CT molecular complexity index is 648. The van der Waals surface area contributed by atoms with E-state index in [2.05, 4.69) is 0 Å². The SMILES string of the molecule is Bc1cc(C(=O)c2ccccc2)c(C=O)cc1C=O. The Morgan fingerprint density at radius 1 is 0.947 bits per heavy atom. The molecule has 3 nitrogen and oxygen atoms in total. The molecule has 0 fully saturated rings. The number of hydrogen-bond donors (Lipinski definition) is 0. The van der Waals surface area contributed by atoms with E-state index in [1.54, 1.807) is 38.2 Å². The highest BCUT2D eigenvalue weighted by Gasteiger charge is 2.15. The molecule has 0 N–H and O–H groups in total. The monoisotopic (exact) mass is 250 g/mol. The van der Waals surface area contributed by atoms with Crippen molar-refractivity contribution in [3.8, 4) is 0 Å². The van der Waals surface area contributed by atoms with Gasteiger partial charge in [0.1, 0.15) is 14.1 Å². The summed E-state index contributed by atoms with van der Waals surface area (Å²) in [6.07, 6.45) is 1.28. The molecule has 92 valence electrons. The lowest BCUT2D eigenvalue weighted by atomic mass is 9.85. The third kappa shape index (κ3) is 2.52. The van der Waals surface area contributed by atoms with E-state index in [1.165, 1.54) is 6.07 Å². The number of benzene rings is 2. The second-order valence-electron chi connectivity index (χ2n) is 4.23. The first kappa shape index (κ1) is 13.0. The van der Waals surface area contributed by atoms with Crippen LogP contribution in [0.25, 0.3) is 0 Å². The number of carbonyl (C=O) groups is 3. The second-order valence-corrected chi connectivity index (χ2v) is 4.23. The molecule has 4 heteroatoms. The third-order valence-corrected chi connectivity index (χ3v) is 2.97. The molecule has 0 saturated carbocycles. The molecular weight excluding hydrogens is 239 g/mol. The highest BCUT2D eigenvalue weighted by Crippen LogP contribution is 2.13. The van der Waals surface area contributed by atoms with Crippen molar-refractivity contribution < 1.29 is 14.4 Å². The molecule has 2 rings (SSSR count). The van der Waals surface area contributed by atoms with Crippen LogP contribution in [0.1, 0.15) is 36.6 Å². The zero-order valence-electron chi connectivity index (χ0n) is 10.4. The summed E-state index contributed by atoms with van der Waals surface area (Å²) in [5, 5.41) is 0. The van der Waals surface area contributed by atoms with Crippen LogP contribution < -0.4 is 5.46 Å². The van der Waals surface area contributed by atoms with Gasteiger partial charge in [-0.1, -0.05) is 41.9 Å². The predicted molar refractivity (Wildman–Crippen MR) is 75.3 cm³/mol. The Morgan fingerprint density at radius 2 is 1.58 bits per heavy atom. The third-order valence-electron chi connectivity index (χ3n) is 2.97. The number of carbonyl (C=O) groups excluding carboxylic acids is 3. The minimum Gasteiger partial charge on any atom is -0.298 e. The van der Waals surface area contributed by atoms with Crippen molar-refractivity contribution in [3.05, 3.63) is 64.7 Å². The van der Waals surface area contributed by atoms with Crippen LogP contribution in [0.15, 0.2) is 42.5 Å². The van der Waals surface area contributed by atoms with Gasteiger partial charge in [-0.15, -0.1) is 0 Å². The van der Waals surface area contributed by atoms with Gasteiger partial charge in [-0.25, -0.2) is 0 Å². The van der Waals surface area contributed by atoms with Gasteiger partial charge in [0.2, 0.25) is 0 Å². The van der Waals surface area contributed by atoms with Gasteiger partial charge in [0.15, 0.2) is 12.1 Å². The maximum absolute atomic E-state index is 12.3. The van der Waals surface area contributed by atoms with Gasteiger partial charge >= 0.3 is 0 Å². The molecule has 0 atom stereocenters. The fraction of sp³-hybridized carbons (Fsp3) is 0. The molecule has 0 aliphatic rings. The van der Waals surface area contributed by atoms with Crippen molar-refractivity contribution in [1.82, 2.24) is 0 Å². The molecule has 2 aromatic rings. The van der Waals surface area contributed by atoms with E-state index in [-0.39, 0.29) is 11.3 Å². The maximum atomic E-state index is 12.3. The van der Waals surface area contributed by atoms with Crippen LogP contribution in [0.2, 0.25) is 0 Å². The van der Waals surface area contributed by atoms with E-state index in [4.69, 9.17) is 0 Å². The largest absolute Gasteiger partial charge is 0.298 e. The van der Waals surface area contributed by atoms with Crippen LogP contribution in [-0.4, -0.2) is 26.2 Å². The smallest absolute Gasteiger partial charge is 0.193 e. The van der Waals surface area contributed by atoms with Crippen molar-refractivity contribution >= 4 is 31.7 Å². The summed E-state index contributed by atoms with van der Waals surface area (Å²) in [7, 11) is 1.74. The van der Waals surface area contributed by atoms with E-state index in [1.807, 2.05) is 6.07 Å². The van der Waals surface area contributed by atoms with Crippen molar-refractivity contribution in [2.75, 3.05) is 0 Å². The molecule has 0 aromatic heterocycles. The molecule has 0 aliphatic carbocycles. The van der Waals surface area contributed by atoms with Crippen LogP contribution in [0, 0.1) is 0 Å². The lowest BCUT2D eigenvalue weighted by molar-refractivity contribution is 0.102. The van der Waals surface area contributed by atoms with Gasteiger partial charge in [-0.05, 0) is 6.07 Å². The summed E-state index contributed by atoms with van der Waals surface area (Å²) in [5.41, 5.74) is 2.18. The molecule has 0 aliphatic heterocycles. The van der Waals surface area contributed by atoms with Gasteiger partial charge in [0, 0.05) is 22.3 Å². The molecule has 0 unspecified atom stereocenters. The molecule has 0 spiro atoms. The number of rotatable bonds is 4. The molecule has 0 radical (unpaired) electrons. The molecule has 0 bridgehead atoms. The van der Waals surface area contributed by atoms with Crippen molar-refractivity contribution in [2.24, 2.45) is 0 Å². The lowest BCUT2D eigenvalue weighted by Gasteiger charge is -2.07. The minimum absolute atomic E-state index is 0.219. The zero-order valence-corrected chi connectivity index (χ0v) is 10.4. The summed E-state index contributed by atoms with van der Waals surface area (Å²) in [5.74, 6) is -0.219. The van der Waals surface area contributed by atoms with Crippen molar-refractivity contribution in [3.63, 3.8) is 0 Å². The Labute approximate surface area is 111 Å². The summed E-state index contributed by atoms with van der Waals surface area (Å²) in [4.78, 5) is 34.3. The summed E-state index contributed by atoms with van der Waals surface area (Å²) in [6, 6.07) is 11.8. The first-order valence-corrected chi connectivity index (χ1v) is 5.82. The Kier molecular flexibility index (Phi) is 3.71. The van der Waals surface area contributed by atoms with Gasteiger partial charge in [0.25, 0.3) is 0 Å². The van der Waals surface area contributed by atoms with Crippen molar-refractivity contribution in [2.45, 2.75) is 0 Å². The van der Waals surface area contributed by atoms with E-state index < -0.39 is 0 Å². The van der Waals surface area contributed by atoms with Gasteiger partial charge in [0.05, 0.1) is 0 Å². The Hall–Kier alpha value is -2.49. The number of hydrogen-bond acceptors (Lipinski definition) is 3. The van der Waals surface area contributed by atoms with Crippen LogP contribution in [0.3, 0.4) is 0 Å². The standard InChI is InChI=1S/C15H11BO3/c16-14-7-13(11(8-17)6-12(14)9-18)15(19)10-4-2-1-3-5-10/h1-9H,16H2. The molecule has 2 aromatic carbocycles. The summed E-state index contributed by atoms with van der Waals surface area (Å²) < 4.78 is 0. The quantitative estimate of drug-likeness (QED) is 0.458.